The molecule has 6 heteroatoms. The molecule has 0 bridgehead atoms. The van der Waals surface area contributed by atoms with Crippen LogP contribution in [0.25, 0.3) is 0 Å². The number of aromatic nitrogens is 3. The molecule has 1 aliphatic rings. The summed E-state index contributed by atoms with van der Waals surface area (Å²) in [4.78, 5) is 22.0. The minimum absolute atomic E-state index is 0.137. The van der Waals surface area contributed by atoms with Crippen molar-refractivity contribution >= 4 is 0 Å². The molecular weight excluding hydrogens is 162 g/mol. The van der Waals surface area contributed by atoms with Gasteiger partial charge < -0.3 is 5.11 Å². The molecule has 1 aromatic rings. The van der Waals surface area contributed by atoms with Crippen LogP contribution >= 0.6 is 0 Å². The minimum atomic E-state index is -0.433. The van der Waals surface area contributed by atoms with Gasteiger partial charge in [0.05, 0.1) is 6.10 Å². The van der Waals surface area contributed by atoms with Gasteiger partial charge in [0.2, 0.25) is 0 Å². The lowest BCUT2D eigenvalue weighted by Crippen LogP contribution is -2.40. The molecule has 0 atom stereocenters. The van der Waals surface area contributed by atoms with Crippen molar-refractivity contribution in [2.75, 3.05) is 0 Å². The van der Waals surface area contributed by atoms with Gasteiger partial charge in [-0.15, -0.1) is 0 Å². The zero-order valence-electron chi connectivity index (χ0n) is 6.28. The van der Waals surface area contributed by atoms with Gasteiger partial charge in [-0.05, 0) is 12.8 Å². The molecule has 1 saturated carbocycles. The van der Waals surface area contributed by atoms with Crippen LogP contribution in [0.3, 0.4) is 0 Å². The van der Waals surface area contributed by atoms with Crippen molar-refractivity contribution in [3.8, 4) is 0 Å². The lowest BCUT2D eigenvalue weighted by atomic mass is 9.89. The first-order chi connectivity index (χ1) is 5.68. The fourth-order valence-corrected chi connectivity index (χ4v) is 1.42. The van der Waals surface area contributed by atoms with Gasteiger partial charge in [0, 0.05) is 6.04 Å². The van der Waals surface area contributed by atoms with Gasteiger partial charge in [0.1, 0.15) is 0 Å². The summed E-state index contributed by atoms with van der Waals surface area (Å²) >= 11 is 0. The van der Waals surface area contributed by atoms with Crippen LogP contribution in [0.5, 0.6) is 0 Å². The Hall–Kier alpha value is -1.30. The highest BCUT2D eigenvalue weighted by Gasteiger charge is 2.31. The molecule has 0 saturated heterocycles. The molecule has 6 nitrogen and oxygen atoms in total. The van der Waals surface area contributed by atoms with Crippen LogP contribution in [0.1, 0.15) is 18.9 Å². The molecule has 2 rings (SSSR count). The molecule has 1 heterocycles. The van der Waals surface area contributed by atoms with Crippen LogP contribution in [0.15, 0.2) is 9.59 Å². The summed E-state index contributed by atoms with van der Waals surface area (Å²) < 4.78 is 1.10. The number of aliphatic hydroxyl groups is 1. The Bertz CT molecular complexity index is 354. The molecule has 0 radical (unpaired) electrons. The molecule has 0 amide bonds. The summed E-state index contributed by atoms with van der Waals surface area (Å²) in [6.45, 7) is 0. The Labute approximate surface area is 66.8 Å². The van der Waals surface area contributed by atoms with Gasteiger partial charge >= 0.3 is 11.4 Å². The van der Waals surface area contributed by atoms with Crippen molar-refractivity contribution in [3.05, 3.63) is 21.0 Å². The number of aromatic amines is 2. The first kappa shape index (κ1) is 7.35. The zero-order chi connectivity index (χ0) is 8.72. The van der Waals surface area contributed by atoms with Crippen molar-refractivity contribution in [2.45, 2.75) is 25.0 Å². The Kier molecular flexibility index (Phi) is 1.44. The molecule has 0 aliphatic heterocycles. The number of nitrogens with zero attached hydrogens (tertiary/aromatic N) is 1. The average molecular weight is 171 g/mol. The molecule has 1 aliphatic carbocycles. The molecule has 12 heavy (non-hydrogen) atoms. The number of nitrogens with one attached hydrogen (secondary N) is 2. The number of hydrogen-bond acceptors (Lipinski definition) is 3. The van der Waals surface area contributed by atoms with E-state index < -0.39 is 11.4 Å². The fourth-order valence-electron chi connectivity index (χ4n) is 1.42. The standard InChI is InChI=1S/C6H9N3O3/c10-4-1-3(2-4)9-5(11)7-8-6(9)12/h3-4,10H,1-2H2,(H,7,11)(H,8,12). The maximum absolute atomic E-state index is 11.0. The quantitative estimate of drug-likeness (QED) is 0.483. The molecule has 0 aromatic carbocycles. The van der Waals surface area contributed by atoms with E-state index in [2.05, 4.69) is 10.2 Å². The second kappa shape index (κ2) is 2.34. The molecular formula is C6H9N3O3. The lowest BCUT2D eigenvalue weighted by Gasteiger charge is -2.30. The lowest BCUT2D eigenvalue weighted by molar-refractivity contribution is 0.0459. The second-order valence-electron chi connectivity index (χ2n) is 3.01. The monoisotopic (exact) mass is 171 g/mol. The van der Waals surface area contributed by atoms with Gasteiger partial charge in [0.25, 0.3) is 0 Å². The first-order valence-electron chi connectivity index (χ1n) is 3.75. The summed E-state index contributed by atoms with van der Waals surface area (Å²) in [5, 5.41) is 13.3. The maximum atomic E-state index is 11.0. The van der Waals surface area contributed by atoms with Crippen molar-refractivity contribution in [2.24, 2.45) is 0 Å². The van der Waals surface area contributed by atoms with Gasteiger partial charge in [0.15, 0.2) is 0 Å². The Morgan fingerprint density at radius 1 is 1.25 bits per heavy atom. The van der Waals surface area contributed by atoms with E-state index in [1.165, 1.54) is 0 Å². The van der Waals surface area contributed by atoms with Gasteiger partial charge in [-0.3, -0.25) is 0 Å². The third-order valence-corrected chi connectivity index (χ3v) is 2.17. The van der Waals surface area contributed by atoms with Crippen LogP contribution in [0.4, 0.5) is 0 Å². The smallest absolute Gasteiger partial charge is 0.344 e. The highest BCUT2D eigenvalue weighted by Crippen LogP contribution is 2.29. The summed E-state index contributed by atoms with van der Waals surface area (Å²) in [6, 6.07) is -0.137. The normalized spacial score (nSPS) is 28.4. The van der Waals surface area contributed by atoms with E-state index >= 15 is 0 Å². The predicted octanol–water partition coefficient (Wildman–Crippen LogP) is -1.44. The molecule has 66 valence electrons. The van der Waals surface area contributed by atoms with E-state index in [1.807, 2.05) is 0 Å². The van der Waals surface area contributed by atoms with Crippen molar-refractivity contribution in [1.29, 1.82) is 0 Å². The third-order valence-electron chi connectivity index (χ3n) is 2.17. The first-order valence-corrected chi connectivity index (χ1v) is 3.75. The summed E-state index contributed by atoms with van der Waals surface area (Å²) in [5.41, 5.74) is -0.867. The van der Waals surface area contributed by atoms with E-state index in [1.54, 1.807) is 0 Å². The van der Waals surface area contributed by atoms with Gasteiger partial charge in [-0.25, -0.2) is 24.4 Å². The third kappa shape index (κ3) is 0.918. The Balaban J connectivity index is 2.34. The SMILES string of the molecule is O=c1[nH][nH]c(=O)n1C1CC(O)C1. The average Bonchev–Trinajstić information content (AvgIpc) is 2.26. The largest absolute Gasteiger partial charge is 0.393 e. The molecule has 3 N–H and O–H groups in total. The number of H-pyrrole nitrogens is 2. The number of rotatable bonds is 1. The molecule has 0 unspecified atom stereocenters. The molecule has 1 fully saturated rings. The van der Waals surface area contributed by atoms with E-state index in [0.29, 0.717) is 12.8 Å². The second-order valence-corrected chi connectivity index (χ2v) is 3.01. The van der Waals surface area contributed by atoms with Crippen LogP contribution in [-0.4, -0.2) is 26.0 Å². The van der Waals surface area contributed by atoms with Gasteiger partial charge in [-0.2, -0.15) is 0 Å². The van der Waals surface area contributed by atoms with E-state index in [9.17, 15) is 9.59 Å². The highest BCUT2D eigenvalue weighted by atomic mass is 16.3. The van der Waals surface area contributed by atoms with Crippen LogP contribution in [-0.2, 0) is 0 Å². The highest BCUT2D eigenvalue weighted by molar-refractivity contribution is 4.86. The van der Waals surface area contributed by atoms with Crippen molar-refractivity contribution < 1.29 is 5.11 Å². The Morgan fingerprint density at radius 3 is 2.17 bits per heavy atom. The minimum Gasteiger partial charge on any atom is -0.393 e. The van der Waals surface area contributed by atoms with Crippen LogP contribution in [0.2, 0.25) is 0 Å². The summed E-state index contributed by atoms with van der Waals surface area (Å²) in [7, 11) is 0. The molecule has 0 spiro atoms. The van der Waals surface area contributed by atoms with E-state index in [4.69, 9.17) is 5.11 Å². The van der Waals surface area contributed by atoms with Gasteiger partial charge in [-0.1, -0.05) is 0 Å². The maximum Gasteiger partial charge on any atom is 0.344 e. The summed E-state index contributed by atoms with van der Waals surface area (Å²) in [5.74, 6) is 0. The molecule has 1 aromatic heterocycles. The topological polar surface area (TPSA) is 90.9 Å². The number of aliphatic hydroxyl groups excluding tert-OH is 1. The predicted molar refractivity (Wildman–Crippen MR) is 40.0 cm³/mol. The zero-order valence-corrected chi connectivity index (χ0v) is 6.28. The summed E-state index contributed by atoms with van der Waals surface area (Å²) in [6.07, 6.45) is 0.609. The van der Waals surface area contributed by atoms with Crippen molar-refractivity contribution in [3.63, 3.8) is 0 Å². The van der Waals surface area contributed by atoms with Crippen LogP contribution < -0.4 is 11.4 Å². The Morgan fingerprint density at radius 2 is 1.75 bits per heavy atom. The van der Waals surface area contributed by atoms with E-state index in [-0.39, 0.29) is 12.1 Å². The van der Waals surface area contributed by atoms with Crippen LogP contribution in [0, 0.1) is 0 Å². The van der Waals surface area contributed by atoms with Crippen molar-refractivity contribution in [1.82, 2.24) is 14.8 Å². The fraction of sp³-hybridized carbons (Fsp3) is 0.667. The number of hydrogen-bond donors (Lipinski definition) is 3. The van der Waals surface area contributed by atoms with E-state index in [0.717, 1.165) is 4.57 Å².